The first-order valence-electron chi connectivity index (χ1n) is 10.2. The van der Waals surface area contributed by atoms with Crippen molar-refractivity contribution in [2.45, 2.75) is 19.9 Å². The third-order valence-electron chi connectivity index (χ3n) is 5.36. The zero-order chi connectivity index (χ0) is 21.8. The van der Waals surface area contributed by atoms with Crippen LogP contribution in [0.1, 0.15) is 27.0 Å². The average Bonchev–Trinajstić information content (AvgIpc) is 3.21. The van der Waals surface area contributed by atoms with Crippen LogP contribution in [0, 0.1) is 6.92 Å². The molecule has 1 aliphatic heterocycles. The first-order valence-corrected chi connectivity index (χ1v) is 10.2. The molecule has 0 aromatic heterocycles. The fraction of sp³-hybridized carbons (Fsp3) is 0.200. The van der Waals surface area contributed by atoms with E-state index in [1.165, 1.54) is 0 Å². The van der Waals surface area contributed by atoms with Gasteiger partial charge in [0.2, 0.25) is 0 Å². The molecular weight excluding hydrogens is 390 g/mol. The van der Waals surface area contributed by atoms with Crippen molar-refractivity contribution in [3.8, 4) is 5.75 Å². The maximum absolute atomic E-state index is 13.0. The zero-order valence-electron chi connectivity index (χ0n) is 17.6. The maximum atomic E-state index is 13.0. The molecule has 158 valence electrons. The first-order chi connectivity index (χ1) is 15.0. The molecule has 6 heteroatoms. The lowest BCUT2D eigenvalue weighted by atomic mass is 10.1. The van der Waals surface area contributed by atoms with E-state index in [0.29, 0.717) is 24.3 Å². The summed E-state index contributed by atoms with van der Waals surface area (Å²) in [6, 6.07) is 20.5. The van der Waals surface area contributed by atoms with Gasteiger partial charge in [0.05, 0.1) is 7.11 Å². The van der Waals surface area contributed by atoms with Gasteiger partial charge in [-0.3, -0.25) is 4.79 Å². The van der Waals surface area contributed by atoms with E-state index in [9.17, 15) is 9.59 Å². The van der Waals surface area contributed by atoms with E-state index < -0.39 is 0 Å². The second kappa shape index (κ2) is 8.92. The molecule has 2 N–H and O–H groups in total. The third kappa shape index (κ3) is 4.69. The highest BCUT2D eigenvalue weighted by atomic mass is 16.5. The number of hydrogen-bond acceptors (Lipinski definition) is 3. The van der Waals surface area contributed by atoms with E-state index in [-0.39, 0.29) is 11.9 Å². The van der Waals surface area contributed by atoms with Crippen LogP contribution >= 0.6 is 0 Å². The Morgan fingerprint density at radius 1 is 1.03 bits per heavy atom. The van der Waals surface area contributed by atoms with E-state index in [1.807, 2.05) is 54.3 Å². The molecule has 3 amide bonds. The van der Waals surface area contributed by atoms with Crippen molar-refractivity contribution in [3.05, 3.63) is 89.0 Å². The number of rotatable bonds is 5. The predicted octanol–water partition coefficient (Wildman–Crippen LogP) is 4.53. The second-order valence-electron chi connectivity index (χ2n) is 7.58. The molecule has 0 spiro atoms. The number of carbonyl (C=O) groups is 2. The summed E-state index contributed by atoms with van der Waals surface area (Å²) < 4.78 is 5.12. The molecule has 1 heterocycles. The van der Waals surface area contributed by atoms with E-state index >= 15 is 0 Å². The molecule has 31 heavy (non-hydrogen) atoms. The zero-order valence-corrected chi connectivity index (χ0v) is 17.6. The number of fused-ring (bicyclic) bond motifs is 1. The van der Waals surface area contributed by atoms with Crippen molar-refractivity contribution in [2.24, 2.45) is 0 Å². The number of aryl methyl sites for hydroxylation is 1. The highest BCUT2D eigenvalue weighted by Crippen LogP contribution is 2.30. The fourth-order valence-corrected chi connectivity index (χ4v) is 3.71. The van der Waals surface area contributed by atoms with Crippen molar-refractivity contribution in [1.82, 2.24) is 5.32 Å². The summed E-state index contributed by atoms with van der Waals surface area (Å²) in [5.74, 6) is 0.735. The lowest BCUT2D eigenvalue weighted by molar-refractivity contribution is 0.0989. The molecule has 0 aliphatic carbocycles. The van der Waals surface area contributed by atoms with E-state index in [1.54, 1.807) is 31.4 Å². The van der Waals surface area contributed by atoms with Crippen LogP contribution in [-0.4, -0.2) is 25.6 Å². The van der Waals surface area contributed by atoms with Crippen LogP contribution in [0.2, 0.25) is 0 Å². The van der Waals surface area contributed by atoms with Crippen LogP contribution in [-0.2, 0) is 13.0 Å². The molecule has 0 saturated carbocycles. The van der Waals surface area contributed by atoms with Crippen molar-refractivity contribution >= 4 is 23.3 Å². The molecular formula is C25H25N3O3. The standard InChI is InChI=1S/C25H25N3O3/c1-17-4-3-5-20(14-17)24(29)28-13-12-19-7-6-18(15-23(19)28)16-26-25(30)27-21-8-10-22(31-2)11-9-21/h3-11,14-15H,12-13,16H2,1-2H3,(H2,26,27,30). The molecule has 0 radical (unpaired) electrons. The highest BCUT2D eigenvalue weighted by Gasteiger charge is 2.25. The summed E-state index contributed by atoms with van der Waals surface area (Å²) in [5.41, 5.74) is 5.44. The number of hydrogen-bond donors (Lipinski definition) is 2. The predicted molar refractivity (Wildman–Crippen MR) is 122 cm³/mol. The van der Waals surface area contributed by atoms with Crippen molar-refractivity contribution in [1.29, 1.82) is 0 Å². The Kier molecular flexibility index (Phi) is 5.89. The SMILES string of the molecule is COc1ccc(NC(=O)NCc2ccc3c(c2)N(C(=O)c2cccc(C)c2)CC3)cc1. The molecule has 0 fully saturated rings. The molecule has 6 nitrogen and oxygen atoms in total. The number of benzene rings is 3. The smallest absolute Gasteiger partial charge is 0.319 e. The Balaban J connectivity index is 1.41. The molecule has 4 rings (SSSR count). The molecule has 0 unspecified atom stereocenters. The maximum Gasteiger partial charge on any atom is 0.319 e. The summed E-state index contributed by atoms with van der Waals surface area (Å²) in [4.78, 5) is 27.1. The Morgan fingerprint density at radius 2 is 1.84 bits per heavy atom. The quantitative estimate of drug-likeness (QED) is 0.643. The van der Waals surface area contributed by atoms with Gasteiger partial charge in [0.1, 0.15) is 5.75 Å². The van der Waals surface area contributed by atoms with Gasteiger partial charge in [-0.25, -0.2) is 4.79 Å². The van der Waals surface area contributed by atoms with Gasteiger partial charge in [-0.15, -0.1) is 0 Å². The van der Waals surface area contributed by atoms with Crippen LogP contribution < -0.4 is 20.3 Å². The van der Waals surface area contributed by atoms with E-state index in [0.717, 1.165) is 34.5 Å². The van der Waals surface area contributed by atoms with Crippen LogP contribution in [0.15, 0.2) is 66.7 Å². The van der Waals surface area contributed by atoms with Crippen LogP contribution in [0.5, 0.6) is 5.75 Å². The number of anilines is 2. The number of nitrogens with zero attached hydrogens (tertiary/aromatic N) is 1. The number of nitrogens with one attached hydrogen (secondary N) is 2. The minimum absolute atomic E-state index is 0.00445. The number of ether oxygens (including phenoxy) is 1. The van der Waals surface area contributed by atoms with E-state index in [2.05, 4.69) is 10.6 Å². The minimum Gasteiger partial charge on any atom is -0.497 e. The number of methoxy groups -OCH3 is 1. The van der Waals surface area contributed by atoms with Crippen molar-refractivity contribution in [3.63, 3.8) is 0 Å². The number of carbonyl (C=O) groups excluding carboxylic acids is 2. The average molecular weight is 415 g/mol. The summed E-state index contributed by atoms with van der Waals surface area (Å²) in [7, 11) is 1.60. The van der Waals surface area contributed by atoms with Gasteiger partial charge in [0.25, 0.3) is 5.91 Å². The van der Waals surface area contributed by atoms with Gasteiger partial charge in [-0.2, -0.15) is 0 Å². The normalized spacial score (nSPS) is 12.3. The molecule has 3 aromatic carbocycles. The van der Waals surface area contributed by atoms with Gasteiger partial charge >= 0.3 is 6.03 Å². The summed E-state index contributed by atoms with van der Waals surface area (Å²) in [5, 5.41) is 5.67. The highest BCUT2D eigenvalue weighted by molar-refractivity contribution is 6.07. The minimum atomic E-state index is -0.293. The monoisotopic (exact) mass is 415 g/mol. The fourth-order valence-electron chi connectivity index (χ4n) is 3.71. The Hall–Kier alpha value is -3.80. The van der Waals surface area contributed by atoms with Crippen LogP contribution in [0.3, 0.4) is 0 Å². The van der Waals surface area contributed by atoms with Gasteiger partial charge in [0.15, 0.2) is 0 Å². The van der Waals surface area contributed by atoms with Gasteiger partial charge in [-0.05, 0) is 66.9 Å². The first kappa shape index (κ1) is 20.5. The van der Waals surface area contributed by atoms with Gasteiger partial charge < -0.3 is 20.3 Å². The summed E-state index contributed by atoms with van der Waals surface area (Å²) in [6.45, 7) is 3.01. The molecule has 1 aliphatic rings. The molecule has 0 bridgehead atoms. The summed E-state index contributed by atoms with van der Waals surface area (Å²) in [6.07, 6.45) is 0.832. The number of amides is 3. The van der Waals surface area contributed by atoms with Gasteiger partial charge in [-0.1, -0.05) is 29.8 Å². The number of urea groups is 1. The van der Waals surface area contributed by atoms with E-state index in [4.69, 9.17) is 4.74 Å². The van der Waals surface area contributed by atoms with Crippen LogP contribution in [0.25, 0.3) is 0 Å². The van der Waals surface area contributed by atoms with Gasteiger partial charge in [0, 0.05) is 30.0 Å². The Morgan fingerprint density at radius 3 is 2.58 bits per heavy atom. The topological polar surface area (TPSA) is 70.7 Å². The lowest BCUT2D eigenvalue weighted by Crippen LogP contribution is -2.29. The third-order valence-corrected chi connectivity index (χ3v) is 5.36. The second-order valence-corrected chi connectivity index (χ2v) is 7.58. The molecule has 0 atom stereocenters. The largest absolute Gasteiger partial charge is 0.497 e. The van der Waals surface area contributed by atoms with Crippen molar-refractivity contribution in [2.75, 3.05) is 23.9 Å². The Bertz CT molecular complexity index is 1110. The summed E-state index contributed by atoms with van der Waals surface area (Å²) >= 11 is 0. The van der Waals surface area contributed by atoms with Crippen molar-refractivity contribution < 1.29 is 14.3 Å². The molecule has 3 aromatic rings. The lowest BCUT2D eigenvalue weighted by Gasteiger charge is -2.18. The van der Waals surface area contributed by atoms with Crippen LogP contribution in [0.4, 0.5) is 16.2 Å². The molecule has 0 saturated heterocycles. The Labute approximate surface area is 181 Å².